The molecule has 0 rings (SSSR count). The number of nitrogens with two attached hydrogens (primary N) is 1. The van der Waals surface area contributed by atoms with Gasteiger partial charge in [0.15, 0.2) is 0 Å². The lowest BCUT2D eigenvalue weighted by Gasteiger charge is -2.17. The number of alkyl halides is 3. The van der Waals surface area contributed by atoms with Crippen molar-refractivity contribution in [3.63, 3.8) is 0 Å². The molecule has 0 aliphatic carbocycles. The minimum atomic E-state index is -4.33. The Labute approximate surface area is 92.3 Å². The summed E-state index contributed by atoms with van der Waals surface area (Å²) in [6, 6.07) is 0. The SMILES string of the molecule is CC(C)(N)CC(=O)NCCOCC(F)(F)F. The number of rotatable bonds is 6. The summed E-state index contributed by atoms with van der Waals surface area (Å²) in [5, 5.41) is 2.41. The highest BCUT2D eigenvalue weighted by Crippen LogP contribution is 2.13. The second-order valence-electron chi connectivity index (χ2n) is 4.18. The van der Waals surface area contributed by atoms with E-state index in [1.165, 1.54) is 0 Å². The average Bonchev–Trinajstić information content (AvgIpc) is 1.97. The minimum absolute atomic E-state index is 0.0466. The molecule has 0 aliphatic rings. The zero-order chi connectivity index (χ0) is 12.8. The fourth-order valence-corrected chi connectivity index (χ4v) is 0.927. The molecule has 0 aromatic carbocycles. The van der Waals surface area contributed by atoms with Gasteiger partial charge in [-0.25, -0.2) is 0 Å². The Morgan fingerprint density at radius 2 is 1.94 bits per heavy atom. The molecule has 0 aliphatic heterocycles. The van der Waals surface area contributed by atoms with Gasteiger partial charge in [0.2, 0.25) is 5.91 Å². The second-order valence-corrected chi connectivity index (χ2v) is 4.18. The van der Waals surface area contributed by atoms with Crippen LogP contribution in [0.2, 0.25) is 0 Å². The number of amides is 1. The Kier molecular flexibility index (Phi) is 5.74. The fourth-order valence-electron chi connectivity index (χ4n) is 0.927. The Morgan fingerprint density at radius 1 is 1.38 bits per heavy atom. The molecule has 0 unspecified atom stereocenters. The van der Waals surface area contributed by atoms with Gasteiger partial charge in [0.1, 0.15) is 6.61 Å². The molecule has 0 aromatic rings. The molecule has 3 N–H and O–H groups in total. The van der Waals surface area contributed by atoms with Crippen molar-refractivity contribution >= 4 is 5.91 Å². The normalized spacial score (nSPS) is 12.6. The van der Waals surface area contributed by atoms with Crippen molar-refractivity contribution in [3.05, 3.63) is 0 Å². The van der Waals surface area contributed by atoms with Crippen LogP contribution in [0.1, 0.15) is 20.3 Å². The van der Waals surface area contributed by atoms with Crippen LogP contribution in [0.25, 0.3) is 0 Å². The highest BCUT2D eigenvalue weighted by molar-refractivity contribution is 5.76. The first-order valence-corrected chi connectivity index (χ1v) is 4.80. The van der Waals surface area contributed by atoms with Gasteiger partial charge in [0.05, 0.1) is 6.61 Å². The summed E-state index contributed by atoms with van der Waals surface area (Å²) in [5.74, 6) is -0.303. The van der Waals surface area contributed by atoms with Gasteiger partial charge in [-0.15, -0.1) is 0 Å². The molecule has 0 bridgehead atoms. The first kappa shape index (κ1) is 15.2. The van der Waals surface area contributed by atoms with Gasteiger partial charge in [-0.1, -0.05) is 0 Å². The minimum Gasteiger partial charge on any atom is -0.370 e. The van der Waals surface area contributed by atoms with E-state index >= 15 is 0 Å². The topological polar surface area (TPSA) is 64.4 Å². The molecule has 0 aromatic heterocycles. The standard InChI is InChI=1S/C9H17F3N2O2/c1-8(2,13)5-7(15)14-3-4-16-6-9(10,11)12/h3-6,13H2,1-2H3,(H,14,15). The first-order valence-electron chi connectivity index (χ1n) is 4.80. The molecule has 7 heteroatoms. The van der Waals surface area contributed by atoms with Crippen molar-refractivity contribution < 1.29 is 22.7 Å². The molecule has 96 valence electrons. The lowest BCUT2D eigenvalue weighted by molar-refractivity contribution is -0.173. The van der Waals surface area contributed by atoms with E-state index in [9.17, 15) is 18.0 Å². The van der Waals surface area contributed by atoms with E-state index in [1.54, 1.807) is 13.8 Å². The molecule has 0 saturated carbocycles. The average molecular weight is 242 g/mol. The molecule has 0 fully saturated rings. The molecule has 0 heterocycles. The second kappa shape index (κ2) is 6.05. The number of nitrogens with one attached hydrogen (secondary N) is 1. The van der Waals surface area contributed by atoms with E-state index in [1.807, 2.05) is 0 Å². The van der Waals surface area contributed by atoms with Crippen LogP contribution in [-0.4, -0.2) is 37.4 Å². The monoisotopic (exact) mass is 242 g/mol. The van der Waals surface area contributed by atoms with Gasteiger partial charge in [-0.3, -0.25) is 4.79 Å². The molecule has 4 nitrogen and oxygen atoms in total. The quantitative estimate of drug-likeness (QED) is 0.677. The van der Waals surface area contributed by atoms with E-state index in [0.717, 1.165) is 0 Å². The van der Waals surface area contributed by atoms with E-state index in [-0.39, 0.29) is 25.5 Å². The van der Waals surface area contributed by atoms with Crippen molar-refractivity contribution in [2.45, 2.75) is 32.0 Å². The smallest absolute Gasteiger partial charge is 0.370 e. The van der Waals surface area contributed by atoms with Crippen LogP contribution in [0.15, 0.2) is 0 Å². The van der Waals surface area contributed by atoms with E-state index in [4.69, 9.17) is 5.73 Å². The van der Waals surface area contributed by atoms with Crippen LogP contribution in [-0.2, 0) is 9.53 Å². The summed E-state index contributed by atoms with van der Waals surface area (Å²) in [4.78, 5) is 11.1. The molecule has 0 atom stereocenters. The van der Waals surface area contributed by atoms with Crippen molar-refractivity contribution in [2.75, 3.05) is 19.8 Å². The van der Waals surface area contributed by atoms with Crippen LogP contribution in [0.4, 0.5) is 13.2 Å². The molecule has 1 amide bonds. The van der Waals surface area contributed by atoms with Gasteiger partial charge >= 0.3 is 6.18 Å². The Bertz CT molecular complexity index is 224. The molecule has 0 spiro atoms. The van der Waals surface area contributed by atoms with Crippen molar-refractivity contribution in [3.8, 4) is 0 Å². The largest absolute Gasteiger partial charge is 0.411 e. The summed E-state index contributed by atoms with van der Waals surface area (Å²) >= 11 is 0. The highest BCUT2D eigenvalue weighted by Gasteiger charge is 2.27. The Balaban J connectivity index is 3.50. The van der Waals surface area contributed by atoms with Gasteiger partial charge in [-0.2, -0.15) is 13.2 Å². The van der Waals surface area contributed by atoms with Gasteiger partial charge in [-0.05, 0) is 13.8 Å². The third kappa shape index (κ3) is 11.3. The molecular weight excluding hydrogens is 225 g/mol. The number of carbonyl (C=O) groups is 1. The number of carbonyl (C=O) groups excluding carboxylic acids is 1. The number of hydrogen-bond acceptors (Lipinski definition) is 3. The van der Waals surface area contributed by atoms with E-state index < -0.39 is 18.3 Å². The maximum atomic E-state index is 11.6. The summed E-state index contributed by atoms with van der Waals surface area (Å²) in [6.45, 7) is 1.95. The maximum Gasteiger partial charge on any atom is 0.411 e. The third-order valence-corrected chi connectivity index (χ3v) is 1.45. The number of halogens is 3. The van der Waals surface area contributed by atoms with E-state index in [0.29, 0.717) is 0 Å². The molecule has 16 heavy (non-hydrogen) atoms. The van der Waals surface area contributed by atoms with Crippen molar-refractivity contribution in [1.29, 1.82) is 0 Å². The number of ether oxygens (including phenoxy) is 1. The van der Waals surface area contributed by atoms with Crippen molar-refractivity contribution in [1.82, 2.24) is 5.32 Å². The van der Waals surface area contributed by atoms with E-state index in [2.05, 4.69) is 10.1 Å². The third-order valence-electron chi connectivity index (χ3n) is 1.45. The Hall–Kier alpha value is -0.820. The van der Waals surface area contributed by atoms with Crippen LogP contribution in [0, 0.1) is 0 Å². The zero-order valence-corrected chi connectivity index (χ0v) is 9.36. The summed E-state index contributed by atoms with van der Waals surface area (Å²) in [5.41, 5.74) is 4.95. The Morgan fingerprint density at radius 3 is 2.38 bits per heavy atom. The highest BCUT2D eigenvalue weighted by atomic mass is 19.4. The van der Waals surface area contributed by atoms with Gasteiger partial charge in [0.25, 0.3) is 0 Å². The lowest BCUT2D eigenvalue weighted by Crippen LogP contribution is -2.40. The predicted octanol–water partition coefficient (Wildman–Crippen LogP) is 0.809. The summed E-state index contributed by atoms with van der Waals surface area (Å²) in [7, 11) is 0. The summed E-state index contributed by atoms with van der Waals surface area (Å²) in [6.07, 6.45) is -4.21. The van der Waals surface area contributed by atoms with Crippen LogP contribution < -0.4 is 11.1 Å². The molecule has 0 radical (unpaired) electrons. The predicted molar refractivity (Wildman–Crippen MR) is 52.8 cm³/mol. The number of hydrogen-bond donors (Lipinski definition) is 2. The maximum absolute atomic E-state index is 11.6. The molecule has 0 saturated heterocycles. The van der Waals surface area contributed by atoms with Crippen LogP contribution >= 0.6 is 0 Å². The van der Waals surface area contributed by atoms with Crippen LogP contribution in [0.5, 0.6) is 0 Å². The van der Waals surface area contributed by atoms with Crippen molar-refractivity contribution in [2.24, 2.45) is 5.73 Å². The lowest BCUT2D eigenvalue weighted by atomic mass is 10.0. The zero-order valence-electron chi connectivity index (χ0n) is 9.36. The fraction of sp³-hybridized carbons (Fsp3) is 0.889. The summed E-state index contributed by atoms with van der Waals surface area (Å²) < 4.78 is 39.2. The van der Waals surface area contributed by atoms with Gasteiger partial charge < -0.3 is 15.8 Å². The molecular formula is C9H17F3N2O2. The van der Waals surface area contributed by atoms with Gasteiger partial charge in [0, 0.05) is 18.5 Å². The first-order chi connectivity index (χ1) is 7.10. The van der Waals surface area contributed by atoms with Crippen LogP contribution in [0.3, 0.4) is 0 Å².